The molecule has 1 unspecified atom stereocenters. The Labute approximate surface area is 54.0 Å². The van der Waals surface area contributed by atoms with Crippen molar-refractivity contribution in [3.8, 4) is 0 Å². The fourth-order valence-electron chi connectivity index (χ4n) is 0.751. The number of rotatable bonds is 0. The molecule has 2 N–H and O–H groups in total. The highest BCUT2D eigenvalue weighted by Gasteiger charge is 2.19. The number of hydrogen-bond acceptors (Lipinski definition) is 3. The van der Waals surface area contributed by atoms with Crippen molar-refractivity contribution in [1.82, 2.24) is 5.32 Å². The number of hydrogen-bond donors (Lipinski definition) is 2. The third kappa shape index (κ3) is 1.29. The van der Waals surface area contributed by atoms with Crippen LogP contribution in [0, 0.1) is 0 Å². The van der Waals surface area contributed by atoms with Crippen LogP contribution in [0.2, 0.25) is 0 Å². The molecule has 0 aromatic rings. The molecule has 0 aliphatic carbocycles. The van der Waals surface area contributed by atoms with Gasteiger partial charge in [-0.05, 0) is 6.42 Å². The monoisotopic (exact) mass is 149 g/mol. The van der Waals surface area contributed by atoms with Crippen LogP contribution >= 0.6 is 0 Å². The molecular weight excluding hydrogens is 142 g/mol. The van der Waals surface area contributed by atoms with Crippen LogP contribution < -0.4 is 5.32 Å². The van der Waals surface area contributed by atoms with E-state index in [4.69, 9.17) is 5.11 Å². The Balaban J connectivity index is 2.97. The molecule has 0 aromatic heterocycles. The van der Waals surface area contributed by atoms with Gasteiger partial charge in [-0.1, -0.05) is 0 Å². The summed E-state index contributed by atoms with van der Waals surface area (Å²) in [5.41, 5.74) is 0. The van der Waals surface area contributed by atoms with Gasteiger partial charge in [-0.3, -0.25) is 5.32 Å². The second kappa shape index (κ2) is 2.47. The Bertz CT molecular complexity index is 222. The van der Waals surface area contributed by atoms with Crippen molar-refractivity contribution in [1.29, 1.82) is 0 Å². The van der Waals surface area contributed by atoms with Crippen LogP contribution in [0.1, 0.15) is 6.42 Å². The summed E-state index contributed by atoms with van der Waals surface area (Å²) in [5, 5.41) is 11.4. The van der Waals surface area contributed by atoms with Gasteiger partial charge in [0.2, 0.25) is 10.3 Å². The molecule has 1 atom stereocenters. The first-order chi connectivity index (χ1) is 4.22. The smallest absolute Gasteiger partial charge is 0.230 e. The minimum atomic E-state index is -2.27. The summed E-state index contributed by atoms with van der Waals surface area (Å²) in [7, 11) is -2.27. The van der Waals surface area contributed by atoms with Crippen LogP contribution in [0.15, 0.2) is 0 Å². The zero-order chi connectivity index (χ0) is 6.85. The predicted molar refractivity (Wildman–Crippen MR) is 32.6 cm³/mol. The largest absolute Gasteiger partial charge is 0.386 e. The van der Waals surface area contributed by atoms with Crippen LogP contribution in [0.3, 0.4) is 0 Å². The van der Waals surface area contributed by atoms with Crippen molar-refractivity contribution in [2.24, 2.45) is 0 Å². The van der Waals surface area contributed by atoms with Crippen molar-refractivity contribution < 1.29 is 13.5 Å². The van der Waals surface area contributed by atoms with E-state index < -0.39 is 16.4 Å². The van der Waals surface area contributed by atoms with E-state index in [2.05, 4.69) is 5.32 Å². The summed E-state index contributed by atoms with van der Waals surface area (Å²) in [4.78, 5) is 0.0231. The fourth-order valence-corrected chi connectivity index (χ4v) is 1.31. The third-order valence-corrected chi connectivity index (χ3v) is 1.97. The molecule has 0 saturated carbocycles. The standard InChI is InChI=1S/C4H7NO3S/c6-3-1-2-5-4(3)9(7)8/h3,5-6H,1-2H2. The quantitative estimate of drug-likeness (QED) is 0.405. The Morgan fingerprint density at radius 2 is 2.33 bits per heavy atom. The minimum absolute atomic E-state index is 0.0231. The minimum Gasteiger partial charge on any atom is -0.386 e. The van der Waals surface area contributed by atoms with Crippen molar-refractivity contribution >= 4 is 15.3 Å². The van der Waals surface area contributed by atoms with E-state index in [-0.39, 0.29) is 4.99 Å². The van der Waals surface area contributed by atoms with Crippen LogP contribution in [0.5, 0.6) is 0 Å². The molecule has 0 amide bonds. The van der Waals surface area contributed by atoms with Crippen molar-refractivity contribution in [2.45, 2.75) is 12.5 Å². The van der Waals surface area contributed by atoms with Crippen LogP contribution in [-0.2, 0) is 10.3 Å². The first-order valence-electron chi connectivity index (χ1n) is 2.60. The van der Waals surface area contributed by atoms with Gasteiger partial charge in [0.1, 0.15) is 11.1 Å². The molecule has 1 rings (SSSR count). The molecular formula is C4H7NO3S. The van der Waals surface area contributed by atoms with Gasteiger partial charge >= 0.3 is 0 Å². The van der Waals surface area contributed by atoms with Gasteiger partial charge in [-0.15, -0.1) is 0 Å². The molecule has 4 nitrogen and oxygen atoms in total. The molecule has 5 heteroatoms. The maximum atomic E-state index is 10.2. The topological polar surface area (TPSA) is 66.4 Å². The normalized spacial score (nSPS) is 26.8. The second-order valence-corrected chi connectivity index (χ2v) is 2.74. The van der Waals surface area contributed by atoms with E-state index in [1.165, 1.54) is 0 Å². The van der Waals surface area contributed by atoms with Gasteiger partial charge in [0.25, 0.3) is 0 Å². The summed E-state index contributed by atoms with van der Waals surface area (Å²) in [6.07, 6.45) is -0.313. The van der Waals surface area contributed by atoms with Gasteiger partial charge in [0, 0.05) is 6.54 Å². The highest BCUT2D eigenvalue weighted by atomic mass is 32.2. The molecule has 1 heterocycles. The van der Waals surface area contributed by atoms with E-state index in [1.807, 2.05) is 0 Å². The highest BCUT2D eigenvalue weighted by Crippen LogP contribution is 1.97. The summed E-state index contributed by atoms with van der Waals surface area (Å²) in [6.45, 7) is 0.546. The molecule has 1 aliphatic heterocycles. The van der Waals surface area contributed by atoms with Gasteiger partial charge < -0.3 is 5.11 Å². The lowest BCUT2D eigenvalue weighted by Crippen LogP contribution is -2.23. The first-order valence-corrected chi connectivity index (χ1v) is 3.67. The molecule has 0 radical (unpaired) electrons. The summed E-state index contributed by atoms with van der Waals surface area (Å²) >= 11 is 0. The summed E-state index contributed by atoms with van der Waals surface area (Å²) < 4.78 is 20.3. The van der Waals surface area contributed by atoms with Gasteiger partial charge in [0.05, 0.1) is 0 Å². The average Bonchev–Trinajstić information content (AvgIpc) is 2.13. The zero-order valence-corrected chi connectivity index (χ0v) is 5.48. The molecule has 1 aliphatic rings. The first kappa shape index (κ1) is 6.73. The molecule has 0 aromatic carbocycles. The number of aliphatic hydroxyl groups excluding tert-OH is 1. The van der Waals surface area contributed by atoms with E-state index in [0.29, 0.717) is 13.0 Å². The Kier molecular flexibility index (Phi) is 1.84. The molecule has 52 valence electrons. The summed E-state index contributed by atoms with van der Waals surface area (Å²) in [6, 6.07) is 0. The Hall–Kier alpha value is -0.390. The van der Waals surface area contributed by atoms with Crippen LogP contribution in [-0.4, -0.2) is 31.2 Å². The Morgan fingerprint density at radius 3 is 2.56 bits per heavy atom. The number of nitrogens with one attached hydrogen (secondary N) is 1. The molecule has 1 saturated heterocycles. The highest BCUT2D eigenvalue weighted by molar-refractivity contribution is 7.73. The molecule has 9 heavy (non-hydrogen) atoms. The predicted octanol–water partition coefficient (Wildman–Crippen LogP) is -1.65. The maximum Gasteiger partial charge on any atom is 0.230 e. The fraction of sp³-hybridized carbons (Fsp3) is 0.750. The van der Waals surface area contributed by atoms with Crippen LogP contribution in [0.4, 0.5) is 0 Å². The molecule has 0 spiro atoms. The van der Waals surface area contributed by atoms with E-state index in [9.17, 15) is 8.42 Å². The Morgan fingerprint density at radius 1 is 1.67 bits per heavy atom. The average molecular weight is 149 g/mol. The van der Waals surface area contributed by atoms with Gasteiger partial charge in [0.15, 0.2) is 0 Å². The van der Waals surface area contributed by atoms with E-state index in [1.54, 1.807) is 0 Å². The maximum absolute atomic E-state index is 10.2. The van der Waals surface area contributed by atoms with E-state index in [0.717, 1.165) is 0 Å². The SMILES string of the molecule is O=S(=O)=C1NCCC1O. The van der Waals surface area contributed by atoms with Crippen molar-refractivity contribution in [3.63, 3.8) is 0 Å². The van der Waals surface area contributed by atoms with Crippen molar-refractivity contribution in [3.05, 3.63) is 0 Å². The zero-order valence-electron chi connectivity index (χ0n) is 4.66. The van der Waals surface area contributed by atoms with E-state index >= 15 is 0 Å². The summed E-state index contributed by atoms with van der Waals surface area (Å²) in [5.74, 6) is 0. The van der Waals surface area contributed by atoms with Crippen molar-refractivity contribution in [2.75, 3.05) is 6.54 Å². The molecule has 0 bridgehead atoms. The molecule has 1 fully saturated rings. The van der Waals surface area contributed by atoms with Gasteiger partial charge in [-0.2, -0.15) is 8.42 Å². The lowest BCUT2D eigenvalue weighted by atomic mass is 10.3. The lowest BCUT2D eigenvalue weighted by Gasteiger charge is -1.93. The third-order valence-electron chi connectivity index (χ3n) is 1.20. The second-order valence-electron chi connectivity index (χ2n) is 1.83. The number of aliphatic hydroxyl groups is 1. The van der Waals surface area contributed by atoms with Gasteiger partial charge in [-0.25, -0.2) is 0 Å². The lowest BCUT2D eigenvalue weighted by molar-refractivity contribution is 0.247. The van der Waals surface area contributed by atoms with Crippen LogP contribution in [0.25, 0.3) is 0 Å².